The average Bonchev–Trinajstić information content (AvgIpc) is 2.68. The van der Waals surface area contributed by atoms with Gasteiger partial charge in [0.25, 0.3) is 0 Å². The van der Waals surface area contributed by atoms with Crippen molar-refractivity contribution >= 4 is 20.5 Å². The van der Waals surface area contributed by atoms with Crippen molar-refractivity contribution in [3.63, 3.8) is 0 Å². The summed E-state index contributed by atoms with van der Waals surface area (Å²) in [6.45, 7) is 0. The zero-order valence-electron chi connectivity index (χ0n) is 7.18. The molecule has 0 fully saturated rings. The Labute approximate surface area is 86.8 Å². The third kappa shape index (κ3) is 1.76. The van der Waals surface area contributed by atoms with Gasteiger partial charge in [-0.2, -0.15) is 0 Å². The number of aromatic nitrogens is 1. The van der Waals surface area contributed by atoms with E-state index < -0.39 is 5.97 Å². The van der Waals surface area contributed by atoms with E-state index in [1.54, 1.807) is 4.94 Å². The van der Waals surface area contributed by atoms with Gasteiger partial charge in [-0.1, -0.05) is 0 Å². The minimum atomic E-state index is -0.946. The molecule has 0 spiro atoms. The standard InChI is InChI=1S/C10H7NO2Se/c12-10(13)8-6-14-9(11-8)7-4-2-1-3-5-7/h1-6H,(H,12,13). The van der Waals surface area contributed by atoms with E-state index in [4.69, 9.17) is 5.11 Å². The predicted octanol–water partition coefficient (Wildman–Crippen LogP) is 1.50. The number of carboxylic acid groups (broad SMARTS) is 1. The van der Waals surface area contributed by atoms with Crippen LogP contribution in [-0.4, -0.2) is 30.6 Å². The molecule has 0 amide bonds. The zero-order chi connectivity index (χ0) is 9.97. The van der Waals surface area contributed by atoms with Crippen LogP contribution in [0.2, 0.25) is 0 Å². The minimum absolute atomic E-state index is 0.0507. The molecule has 0 aliphatic rings. The van der Waals surface area contributed by atoms with Crippen molar-refractivity contribution in [3.8, 4) is 10.1 Å². The summed E-state index contributed by atoms with van der Waals surface area (Å²) in [6, 6.07) is 9.66. The normalized spacial score (nSPS) is 10.0. The van der Waals surface area contributed by atoms with E-state index in [2.05, 4.69) is 4.98 Å². The van der Waals surface area contributed by atoms with Crippen LogP contribution in [0.3, 0.4) is 0 Å². The average molecular weight is 252 g/mol. The number of aromatic carboxylic acids is 1. The third-order valence-corrected chi connectivity index (χ3v) is 3.61. The monoisotopic (exact) mass is 253 g/mol. The number of hydrogen-bond acceptors (Lipinski definition) is 2. The molecule has 1 aromatic heterocycles. The SMILES string of the molecule is O=C(O)c1c[se]c(-c2ccccc2)n1. The molecule has 0 radical (unpaired) electrons. The number of carbonyl (C=O) groups is 1. The molecule has 3 nitrogen and oxygen atoms in total. The van der Waals surface area contributed by atoms with E-state index in [-0.39, 0.29) is 20.2 Å². The van der Waals surface area contributed by atoms with Gasteiger partial charge in [0.2, 0.25) is 0 Å². The van der Waals surface area contributed by atoms with Crippen molar-refractivity contribution in [1.29, 1.82) is 0 Å². The maximum atomic E-state index is 10.6. The molecular formula is C10H7NO2Se. The van der Waals surface area contributed by atoms with Crippen LogP contribution < -0.4 is 0 Å². The molecule has 1 N–H and O–H groups in total. The first-order valence-electron chi connectivity index (χ1n) is 4.01. The Hall–Kier alpha value is -1.38. The second-order valence-corrected chi connectivity index (χ2v) is 4.51. The fourth-order valence-corrected chi connectivity index (χ4v) is 2.76. The quantitative estimate of drug-likeness (QED) is 0.824. The van der Waals surface area contributed by atoms with Crippen LogP contribution in [0.1, 0.15) is 10.5 Å². The molecule has 1 aromatic carbocycles. The van der Waals surface area contributed by atoms with E-state index in [9.17, 15) is 4.79 Å². The van der Waals surface area contributed by atoms with Crippen LogP contribution in [0.15, 0.2) is 35.3 Å². The van der Waals surface area contributed by atoms with Gasteiger partial charge in [0.15, 0.2) is 0 Å². The van der Waals surface area contributed by atoms with Crippen LogP contribution in [0, 0.1) is 0 Å². The molecule has 0 aliphatic carbocycles. The maximum absolute atomic E-state index is 10.6. The second-order valence-electron chi connectivity index (χ2n) is 2.71. The molecule has 0 saturated heterocycles. The molecule has 4 heteroatoms. The van der Waals surface area contributed by atoms with Crippen molar-refractivity contribution < 1.29 is 9.90 Å². The Morgan fingerprint density at radius 1 is 1.29 bits per heavy atom. The van der Waals surface area contributed by atoms with Crippen LogP contribution in [0.5, 0.6) is 0 Å². The van der Waals surface area contributed by atoms with Crippen LogP contribution in [0.4, 0.5) is 0 Å². The third-order valence-electron chi connectivity index (χ3n) is 1.74. The fraction of sp³-hybridized carbons (Fsp3) is 0. The van der Waals surface area contributed by atoms with Crippen molar-refractivity contribution in [2.24, 2.45) is 0 Å². The van der Waals surface area contributed by atoms with Gasteiger partial charge in [-0.3, -0.25) is 0 Å². The van der Waals surface area contributed by atoms with Crippen molar-refractivity contribution in [3.05, 3.63) is 41.0 Å². The number of nitrogens with zero attached hydrogens (tertiary/aromatic N) is 1. The Bertz CT molecular complexity index is 450. The Morgan fingerprint density at radius 3 is 2.57 bits per heavy atom. The number of hydrogen-bond donors (Lipinski definition) is 1. The summed E-state index contributed by atoms with van der Waals surface area (Å²) < 4.78 is 0.885. The molecule has 0 unspecified atom stereocenters. The number of rotatable bonds is 2. The van der Waals surface area contributed by atoms with Crippen LogP contribution in [-0.2, 0) is 0 Å². The van der Waals surface area contributed by atoms with Crippen molar-refractivity contribution in [2.75, 3.05) is 0 Å². The molecule has 2 aromatic rings. The summed E-state index contributed by atoms with van der Waals surface area (Å²) in [5.41, 5.74) is 1.18. The molecule has 14 heavy (non-hydrogen) atoms. The van der Waals surface area contributed by atoms with E-state index in [0.29, 0.717) is 0 Å². The topological polar surface area (TPSA) is 50.2 Å². The summed E-state index contributed by atoms with van der Waals surface area (Å²) in [5, 5.41) is 8.71. The summed E-state index contributed by atoms with van der Waals surface area (Å²) in [6.07, 6.45) is 0. The molecule has 2 rings (SSSR count). The van der Waals surface area contributed by atoms with E-state index in [1.165, 1.54) is 0 Å². The molecule has 1 heterocycles. The van der Waals surface area contributed by atoms with Gasteiger partial charge < -0.3 is 0 Å². The van der Waals surface area contributed by atoms with Gasteiger partial charge in [0.05, 0.1) is 0 Å². The number of benzene rings is 1. The first-order chi connectivity index (χ1) is 6.77. The van der Waals surface area contributed by atoms with Gasteiger partial charge in [-0.15, -0.1) is 0 Å². The second kappa shape index (κ2) is 3.78. The Kier molecular flexibility index (Phi) is 2.48. The van der Waals surface area contributed by atoms with Gasteiger partial charge in [-0.05, 0) is 0 Å². The van der Waals surface area contributed by atoms with Crippen molar-refractivity contribution in [2.45, 2.75) is 0 Å². The molecule has 0 saturated carbocycles. The Morgan fingerprint density at radius 2 is 2.00 bits per heavy atom. The molecule has 0 aliphatic heterocycles. The Balaban J connectivity index is 2.39. The van der Waals surface area contributed by atoms with Crippen LogP contribution in [0.25, 0.3) is 10.1 Å². The van der Waals surface area contributed by atoms with Crippen molar-refractivity contribution in [1.82, 2.24) is 4.98 Å². The van der Waals surface area contributed by atoms with Crippen LogP contribution >= 0.6 is 0 Å². The van der Waals surface area contributed by atoms with Gasteiger partial charge in [-0.25, -0.2) is 0 Å². The number of carboxylic acids is 1. The van der Waals surface area contributed by atoms with E-state index in [1.807, 2.05) is 30.3 Å². The van der Waals surface area contributed by atoms with Gasteiger partial charge >= 0.3 is 86.5 Å². The summed E-state index contributed by atoms with van der Waals surface area (Å²) in [4.78, 5) is 16.4. The first kappa shape index (κ1) is 9.19. The summed E-state index contributed by atoms with van der Waals surface area (Å²) >= 11 is 0.0507. The fourth-order valence-electron chi connectivity index (χ4n) is 1.09. The molecular weight excluding hydrogens is 245 g/mol. The van der Waals surface area contributed by atoms with E-state index in [0.717, 1.165) is 10.1 Å². The zero-order valence-corrected chi connectivity index (χ0v) is 8.89. The first-order valence-corrected chi connectivity index (χ1v) is 5.86. The van der Waals surface area contributed by atoms with Gasteiger partial charge in [0.1, 0.15) is 0 Å². The molecule has 0 bridgehead atoms. The molecule has 70 valence electrons. The van der Waals surface area contributed by atoms with Gasteiger partial charge in [0, 0.05) is 0 Å². The summed E-state index contributed by atoms with van der Waals surface area (Å²) in [7, 11) is 0. The summed E-state index contributed by atoms with van der Waals surface area (Å²) in [5.74, 6) is -0.946. The van der Waals surface area contributed by atoms with E-state index >= 15 is 0 Å². The predicted molar refractivity (Wildman–Crippen MR) is 53.6 cm³/mol. The molecule has 0 atom stereocenters.